The minimum atomic E-state index is -0.113. The zero-order chi connectivity index (χ0) is 17.4. The number of fused-ring (bicyclic) bond motifs is 2. The number of carbonyl (C=O) groups excluding carboxylic acids is 1. The standard InChI is InChI=1S/C18H18N4O3/c1-22(10-11-6-7-15-16(8-11)21-25-20-15)18(23)13-9-12-4-3-5-14(12)19-17(13)24-2/h6-9H,3-5,10H2,1-2H3. The van der Waals surface area contributed by atoms with E-state index in [-0.39, 0.29) is 5.91 Å². The Labute approximate surface area is 144 Å². The van der Waals surface area contributed by atoms with Crippen molar-refractivity contribution in [3.05, 3.63) is 46.6 Å². The molecule has 1 aliphatic carbocycles. The molecule has 0 bridgehead atoms. The largest absolute Gasteiger partial charge is 0.480 e. The maximum absolute atomic E-state index is 12.9. The van der Waals surface area contributed by atoms with Crippen LogP contribution in [0.4, 0.5) is 0 Å². The summed E-state index contributed by atoms with van der Waals surface area (Å²) >= 11 is 0. The first kappa shape index (κ1) is 15.6. The third-order valence-electron chi connectivity index (χ3n) is 4.52. The molecule has 0 fully saturated rings. The maximum Gasteiger partial charge on any atom is 0.259 e. The van der Waals surface area contributed by atoms with Gasteiger partial charge in [0.1, 0.15) is 16.6 Å². The van der Waals surface area contributed by atoms with Crippen molar-refractivity contribution in [3.8, 4) is 5.88 Å². The number of aromatic nitrogens is 3. The van der Waals surface area contributed by atoms with Gasteiger partial charge in [0, 0.05) is 19.3 Å². The van der Waals surface area contributed by atoms with E-state index < -0.39 is 0 Å². The third kappa shape index (κ3) is 2.82. The Morgan fingerprint density at radius 1 is 1.24 bits per heavy atom. The Bertz CT molecular complexity index is 951. The number of nitrogens with zero attached hydrogens (tertiary/aromatic N) is 4. The van der Waals surface area contributed by atoms with Crippen molar-refractivity contribution in [2.45, 2.75) is 25.8 Å². The van der Waals surface area contributed by atoms with Crippen molar-refractivity contribution in [3.63, 3.8) is 0 Å². The van der Waals surface area contributed by atoms with Gasteiger partial charge in [-0.1, -0.05) is 6.07 Å². The quantitative estimate of drug-likeness (QED) is 0.726. The predicted octanol–water partition coefficient (Wildman–Crippen LogP) is 2.39. The summed E-state index contributed by atoms with van der Waals surface area (Å²) in [4.78, 5) is 19.1. The highest BCUT2D eigenvalue weighted by Crippen LogP contribution is 2.27. The second-order valence-corrected chi connectivity index (χ2v) is 6.25. The zero-order valence-electron chi connectivity index (χ0n) is 14.2. The number of amides is 1. The Morgan fingerprint density at radius 2 is 2.08 bits per heavy atom. The van der Waals surface area contributed by atoms with Crippen LogP contribution in [0, 0.1) is 0 Å². The lowest BCUT2D eigenvalue weighted by Crippen LogP contribution is -2.27. The molecule has 0 spiro atoms. The molecule has 2 heterocycles. The molecule has 0 aliphatic heterocycles. The summed E-state index contributed by atoms with van der Waals surface area (Å²) in [6, 6.07) is 7.54. The SMILES string of the molecule is COc1nc2c(cc1C(=O)N(C)Cc1ccc3nonc3c1)CCC2. The summed E-state index contributed by atoms with van der Waals surface area (Å²) < 4.78 is 10.1. The molecule has 0 saturated carbocycles. The molecular weight excluding hydrogens is 320 g/mol. The van der Waals surface area contributed by atoms with Crippen LogP contribution in [0.1, 0.15) is 33.6 Å². The predicted molar refractivity (Wildman–Crippen MR) is 90.4 cm³/mol. The summed E-state index contributed by atoms with van der Waals surface area (Å²) in [7, 11) is 3.31. The second kappa shape index (κ2) is 6.16. The second-order valence-electron chi connectivity index (χ2n) is 6.25. The highest BCUT2D eigenvalue weighted by molar-refractivity contribution is 5.96. The molecule has 1 amide bonds. The van der Waals surface area contributed by atoms with Crippen LogP contribution >= 0.6 is 0 Å². The Morgan fingerprint density at radius 3 is 2.92 bits per heavy atom. The van der Waals surface area contributed by atoms with Crippen LogP contribution < -0.4 is 4.74 Å². The normalized spacial score (nSPS) is 13.0. The van der Waals surface area contributed by atoms with Gasteiger partial charge in [-0.25, -0.2) is 9.61 Å². The number of methoxy groups -OCH3 is 1. The van der Waals surface area contributed by atoms with E-state index in [1.165, 1.54) is 0 Å². The lowest BCUT2D eigenvalue weighted by atomic mass is 10.1. The number of benzene rings is 1. The summed E-state index contributed by atoms with van der Waals surface area (Å²) in [6.07, 6.45) is 2.98. The molecule has 1 aromatic carbocycles. The summed E-state index contributed by atoms with van der Waals surface area (Å²) in [5.41, 5.74) is 5.02. The lowest BCUT2D eigenvalue weighted by Gasteiger charge is -2.19. The highest BCUT2D eigenvalue weighted by atomic mass is 16.6. The topological polar surface area (TPSA) is 81.4 Å². The van der Waals surface area contributed by atoms with Crippen LogP contribution in [-0.4, -0.2) is 40.3 Å². The molecule has 0 unspecified atom stereocenters. The summed E-state index contributed by atoms with van der Waals surface area (Å²) in [5.74, 6) is 0.283. The summed E-state index contributed by atoms with van der Waals surface area (Å²) in [5, 5.41) is 7.62. The van der Waals surface area contributed by atoms with E-state index in [0.717, 1.165) is 36.1 Å². The molecule has 25 heavy (non-hydrogen) atoms. The van der Waals surface area contributed by atoms with Crippen molar-refractivity contribution in [1.82, 2.24) is 20.2 Å². The van der Waals surface area contributed by atoms with Crippen LogP contribution in [0.5, 0.6) is 5.88 Å². The molecule has 7 nitrogen and oxygen atoms in total. The third-order valence-corrected chi connectivity index (χ3v) is 4.52. The molecule has 0 N–H and O–H groups in total. The van der Waals surface area contributed by atoms with E-state index in [1.807, 2.05) is 24.3 Å². The van der Waals surface area contributed by atoms with E-state index in [2.05, 4.69) is 15.3 Å². The van der Waals surface area contributed by atoms with Crippen LogP contribution in [0.25, 0.3) is 11.0 Å². The Kier molecular flexibility index (Phi) is 3.83. The van der Waals surface area contributed by atoms with Crippen molar-refractivity contribution in [2.24, 2.45) is 0 Å². The summed E-state index contributed by atoms with van der Waals surface area (Å²) in [6.45, 7) is 0.446. The van der Waals surface area contributed by atoms with E-state index in [4.69, 9.17) is 9.37 Å². The minimum Gasteiger partial charge on any atom is -0.480 e. The monoisotopic (exact) mass is 338 g/mol. The molecule has 2 aromatic heterocycles. The van der Waals surface area contributed by atoms with Gasteiger partial charge in [0.05, 0.1) is 7.11 Å². The molecule has 1 aliphatic rings. The number of rotatable bonds is 4. The number of ether oxygens (including phenoxy) is 1. The van der Waals surface area contributed by atoms with E-state index in [0.29, 0.717) is 29.0 Å². The van der Waals surface area contributed by atoms with Crippen molar-refractivity contribution in [2.75, 3.05) is 14.2 Å². The Balaban J connectivity index is 1.59. The molecule has 4 rings (SSSR count). The van der Waals surface area contributed by atoms with Gasteiger partial charge >= 0.3 is 0 Å². The maximum atomic E-state index is 12.9. The molecule has 3 aromatic rings. The van der Waals surface area contributed by atoms with Gasteiger partial charge in [0.15, 0.2) is 0 Å². The van der Waals surface area contributed by atoms with Crippen LogP contribution in [0.3, 0.4) is 0 Å². The fourth-order valence-corrected chi connectivity index (χ4v) is 3.24. The van der Waals surface area contributed by atoms with Crippen LogP contribution in [0.15, 0.2) is 28.9 Å². The molecule has 7 heteroatoms. The van der Waals surface area contributed by atoms with Crippen molar-refractivity contribution < 1.29 is 14.2 Å². The average molecular weight is 338 g/mol. The number of hydrogen-bond donors (Lipinski definition) is 0. The minimum absolute atomic E-state index is 0.113. The molecule has 128 valence electrons. The molecule has 0 radical (unpaired) electrons. The van der Waals surface area contributed by atoms with Crippen molar-refractivity contribution >= 4 is 16.9 Å². The van der Waals surface area contributed by atoms with E-state index in [1.54, 1.807) is 19.1 Å². The number of pyridine rings is 1. The molecule has 0 saturated heterocycles. The van der Waals surface area contributed by atoms with Gasteiger partial charge in [0.25, 0.3) is 5.91 Å². The number of hydrogen-bond acceptors (Lipinski definition) is 6. The van der Waals surface area contributed by atoms with Gasteiger partial charge in [0.2, 0.25) is 5.88 Å². The van der Waals surface area contributed by atoms with Crippen molar-refractivity contribution in [1.29, 1.82) is 0 Å². The van der Waals surface area contributed by atoms with Crippen LogP contribution in [-0.2, 0) is 19.4 Å². The van der Waals surface area contributed by atoms with Gasteiger partial charge in [-0.05, 0) is 58.9 Å². The Hall–Kier alpha value is -2.96. The number of aryl methyl sites for hydroxylation is 2. The van der Waals surface area contributed by atoms with E-state index >= 15 is 0 Å². The first-order chi connectivity index (χ1) is 12.2. The van der Waals surface area contributed by atoms with Gasteiger partial charge in [-0.3, -0.25) is 4.79 Å². The smallest absolute Gasteiger partial charge is 0.259 e. The first-order valence-electron chi connectivity index (χ1n) is 8.19. The van der Waals surface area contributed by atoms with Gasteiger partial charge < -0.3 is 9.64 Å². The molecule has 0 atom stereocenters. The lowest BCUT2D eigenvalue weighted by molar-refractivity contribution is 0.0780. The number of carbonyl (C=O) groups is 1. The van der Waals surface area contributed by atoms with Crippen LogP contribution in [0.2, 0.25) is 0 Å². The highest BCUT2D eigenvalue weighted by Gasteiger charge is 2.23. The fourth-order valence-electron chi connectivity index (χ4n) is 3.24. The average Bonchev–Trinajstić information content (AvgIpc) is 3.27. The van der Waals surface area contributed by atoms with E-state index in [9.17, 15) is 4.79 Å². The fraction of sp³-hybridized carbons (Fsp3) is 0.333. The van der Waals surface area contributed by atoms with Gasteiger partial charge in [-0.15, -0.1) is 0 Å². The first-order valence-corrected chi connectivity index (χ1v) is 8.19. The zero-order valence-corrected chi connectivity index (χ0v) is 14.2. The van der Waals surface area contributed by atoms with Gasteiger partial charge in [-0.2, -0.15) is 0 Å². The molecular formula is C18H18N4O3.